The number of hydrogen-bond donors (Lipinski definition) is 1. The van der Waals surface area contributed by atoms with E-state index in [1.807, 2.05) is 0 Å². The van der Waals surface area contributed by atoms with Gasteiger partial charge in [-0.1, -0.05) is 0 Å². The van der Waals surface area contributed by atoms with Crippen molar-refractivity contribution in [3.8, 4) is 0 Å². The van der Waals surface area contributed by atoms with E-state index in [2.05, 4.69) is 25.2 Å². The molecule has 2 aromatic rings. The number of nitrogens with zero attached hydrogens (tertiary/aromatic N) is 5. The molecule has 1 fully saturated rings. The summed E-state index contributed by atoms with van der Waals surface area (Å²) in [7, 11) is 0. The van der Waals surface area contributed by atoms with Crippen molar-refractivity contribution in [1.29, 1.82) is 0 Å². The Morgan fingerprint density at radius 3 is 2.62 bits per heavy atom. The zero-order valence-corrected chi connectivity index (χ0v) is 12.0. The molecule has 1 aliphatic rings. The van der Waals surface area contributed by atoms with Crippen molar-refractivity contribution in [2.24, 2.45) is 0 Å². The molecule has 0 radical (unpaired) electrons. The zero-order valence-electron chi connectivity index (χ0n) is 11.2. The van der Waals surface area contributed by atoms with Crippen molar-refractivity contribution < 1.29 is 4.92 Å². The van der Waals surface area contributed by atoms with Crippen LogP contribution in [0.1, 0.15) is 12.8 Å². The summed E-state index contributed by atoms with van der Waals surface area (Å²) in [5.74, 6) is 0.751. The second-order valence-electron chi connectivity index (χ2n) is 4.72. The molecule has 0 aliphatic carbocycles. The Balaban J connectivity index is 1.55. The minimum atomic E-state index is -0.418. The summed E-state index contributed by atoms with van der Waals surface area (Å²) in [6, 6.07) is 2.07. The zero-order chi connectivity index (χ0) is 14.7. The molecule has 0 amide bonds. The second-order valence-corrected chi connectivity index (χ2v) is 5.72. The molecule has 0 unspecified atom stereocenters. The molecule has 0 spiro atoms. The van der Waals surface area contributed by atoms with Gasteiger partial charge in [0.2, 0.25) is 5.95 Å². The lowest BCUT2D eigenvalue weighted by Gasteiger charge is -2.32. The molecule has 1 saturated heterocycles. The van der Waals surface area contributed by atoms with Crippen LogP contribution in [-0.2, 0) is 0 Å². The van der Waals surface area contributed by atoms with E-state index in [0.717, 1.165) is 43.2 Å². The van der Waals surface area contributed by atoms with Gasteiger partial charge in [-0.2, -0.15) is 0 Å². The van der Waals surface area contributed by atoms with Gasteiger partial charge < -0.3 is 10.2 Å². The van der Waals surface area contributed by atoms with E-state index in [1.165, 1.54) is 6.20 Å². The number of piperidine rings is 1. The summed E-state index contributed by atoms with van der Waals surface area (Å²) >= 11 is 1.07. The Bertz CT molecular complexity index is 611. The first-order chi connectivity index (χ1) is 10.2. The van der Waals surface area contributed by atoms with E-state index in [4.69, 9.17) is 0 Å². The number of thiazole rings is 1. The van der Waals surface area contributed by atoms with Gasteiger partial charge in [0.1, 0.15) is 6.20 Å². The quantitative estimate of drug-likeness (QED) is 0.680. The Hall–Kier alpha value is -2.29. The Labute approximate surface area is 125 Å². The molecule has 0 bridgehead atoms. The van der Waals surface area contributed by atoms with Crippen LogP contribution in [-0.4, -0.2) is 39.0 Å². The maximum atomic E-state index is 10.6. The molecule has 0 saturated carbocycles. The van der Waals surface area contributed by atoms with Crippen LogP contribution in [0.2, 0.25) is 0 Å². The monoisotopic (exact) mass is 306 g/mol. The highest BCUT2D eigenvalue weighted by Crippen LogP contribution is 2.27. The van der Waals surface area contributed by atoms with E-state index in [1.54, 1.807) is 18.5 Å². The van der Waals surface area contributed by atoms with Crippen LogP contribution in [0.15, 0.2) is 24.7 Å². The molecule has 0 atom stereocenters. The Morgan fingerprint density at radius 1 is 1.29 bits per heavy atom. The Morgan fingerprint density at radius 2 is 2.00 bits per heavy atom. The fourth-order valence-electron chi connectivity index (χ4n) is 2.27. The first kappa shape index (κ1) is 13.7. The first-order valence-corrected chi connectivity index (χ1v) is 7.43. The highest BCUT2D eigenvalue weighted by Gasteiger charge is 2.22. The number of aromatic nitrogens is 3. The minimum absolute atomic E-state index is 0.0626. The summed E-state index contributed by atoms with van der Waals surface area (Å²) in [6.07, 6.45) is 6.61. The topological polar surface area (TPSA) is 97.1 Å². The van der Waals surface area contributed by atoms with Crippen molar-refractivity contribution in [3.05, 3.63) is 34.8 Å². The lowest BCUT2D eigenvalue weighted by molar-refractivity contribution is -0.380. The van der Waals surface area contributed by atoms with Crippen LogP contribution < -0.4 is 10.2 Å². The fraction of sp³-hybridized carbons (Fsp3) is 0.417. The number of anilines is 2. The van der Waals surface area contributed by atoms with Gasteiger partial charge in [-0.25, -0.2) is 15.0 Å². The summed E-state index contributed by atoms with van der Waals surface area (Å²) in [5.41, 5.74) is 0. The lowest BCUT2D eigenvalue weighted by atomic mass is 10.1. The molecule has 0 aromatic carbocycles. The van der Waals surface area contributed by atoms with Gasteiger partial charge in [-0.3, -0.25) is 10.1 Å². The van der Waals surface area contributed by atoms with Gasteiger partial charge >= 0.3 is 5.00 Å². The molecule has 1 aliphatic heterocycles. The predicted octanol–water partition coefficient (Wildman–Crippen LogP) is 1.92. The summed E-state index contributed by atoms with van der Waals surface area (Å²) in [5, 5.41) is 14.6. The van der Waals surface area contributed by atoms with Gasteiger partial charge in [0.15, 0.2) is 5.13 Å². The summed E-state index contributed by atoms with van der Waals surface area (Å²) in [4.78, 5) is 24.9. The highest BCUT2D eigenvalue weighted by atomic mass is 32.1. The van der Waals surface area contributed by atoms with Gasteiger partial charge in [-0.05, 0) is 30.2 Å². The molecular formula is C12H14N6O2S. The van der Waals surface area contributed by atoms with E-state index in [9.17, 15) is 10.1 Å². The van der Waals surface area contributed by atoms with E-state index in [-0.39, 0.29) is 11.0 Å². The molecule has 9 heteroatoms. The number of hydrogen-bond acceptors (Lipinski definition) is 8. The van der Waals surface area contributed by atoms with Crippen molar-refractivity contribution in [2.45, 2.75) is 18.9 Å². The standard InChI is InChI=1S/C12H14N6O2S/c19-18(20)10-8-15-12(21-10)16-9-2-6-17(7-3-9)11-13-4-1-5-14-11/h1,4-5,8-9H,2-3,6-7H2,(H,15,16). The minimum Gasteiger partial charge on any atom is -0.358 e. The third-order valence-electron chi connectivity index (χ3n) is 3.33. The Kier molecular flexibility index (Phi) is 3.91. The van der Waals surface area contributed by atoms with Crippen LogP contribution in [0.25, 0.3) is 0 Å². The highest BCUT2D eigenvalue weighted by molar-refractivity contribution is 7.18. The summed E-state index contributed by atoms with van der Waals surface area (Å²) < 4.78 is 0. The number of nitrogens with one attached hydrogen (secondary N) is 1. The van der Waals surface area contributed by atoms with Gasteiger partial charge in [-0.15, -0.1) is 0 Å². The smallest absolute Gasteiger partial charge is 0.345 e. The number of rotatable bonds is 4. The third kappa shape index (κ3) is 3.24. The summed E-state index contributed by atoms with van der Waals surface area (Å²) in [6.45, 7) is 1.71. The SMILES string of the molecule is O=[N+]([O-])c1cnc(NC2CCN(c3ncccn3)CC2)s1. The molecule has 110 valence electrons. The largest absolute Gasteiger partial charge is 0.358 e. The van der Waals surface area contributed by atoms with E-state index >= 15 is 0 Å². The van der Waals surface area contributed by atoms with Gasteiger partial charge in [0.25, 0.3) is 0 Å². The second kappa shape index (κ2) is 6.00. The van der Waals surface area contributed by atoms with Crippen LogP contribution in [0, 0.1) is 10.1 Å². The van der Waals surface area contributed by atoms with Crippen LogP contribution in [0.3, 0.4) is 0 Å². The predicted molar refractivity (Wildman–Crippen MR) is 79.7 cm³/mol. The molecule has 1 N–H and O–H groups in total. The maximum absolute atomic E-state index is 10.6. The molecule has 3 heterocycles. The van der Waals surface area contributed by atoms with Crippen molar-refractivity contribution in [2.75, 3.05) is 23.3 Å². The van der Waals surface area contributed by atoms with Gasteiger partial charge in [0.05, 0.1) is 4.92 Å². The molecule has 21 heavy (non-hydrogen) atoms. The molecule has 2 aromatic heterocycles. The fourth-order valence-corrected chi connectivity index (χ4v) is 2.98. The average Bonchev–Trinajstić information content (AvgIpc) is 2.98. The van der Waals surface area contributed by atoms with Crippen molar-refractivity contribution in [1.82, 2.24) is 15.0 Å². The van der Waals surface area contributed by atoms with Crippen molar-refractivity contribution >= 4 is 27.4 Å². The third-order valence-corrected chi connectivity index (χ3v) is 4.21. The normalized spacial score (nSPS) is 15.9. The van der Waals surface area contributed by atoms with Crippen LogP contribution in [0.4, 0.5) is 16.1 Å². The average molecular weight is 306 g/mol. The van der Waals surface area contributed by atoms with Gasteiger partial charge in [0, 0.05) is 31.5 Å². The van der Waals surface area contributed by atoms with E-state index in [0.29, 0.717) is 5.13 Å². The molecular weight excluding hydrogens is 292 g/mol. The number of nitro groups is 1. The van der Waals surface area contributed by atoms with Crippen LogP contribution in [0.5, 0.6) is 0 Å². The lowest BCUT2D eigenvalue weighted by Crippen LogP contribution is -2.39. The van der Waals surface area contributed by atoms with E-state index < -0.39 is 4.92 Å². The first-order valence-electron chi connectivity index (χ1n) is 6.61. The molecule has 8 nitrogen and oxygen atoms in total. The maximum Gasteiger partial charge on any atom is 0.345 e. The molecule has 3 rings (SSSR count). The van der Waals surface area contributed by atoms with Crippen LogP contribution >= 0.6 is 11.3 Å². The van der Waals surface area contributed by atoms with Crippen molar-refractivity contribution in [3.63, 3.8) is 0 Å².